The maximum atomic E-state index is 12.9. The van der Waals surface area contributed by atoms with Gasteiger partial charge in [-0.1, -0.05) is 6.07 Å². The molecular weight excluding hydrogens is 382 g/mol. The van der Waals surface area contributed by atoms with Crippen molar-refractivity contribution in [2.45, 2.75) is 52.1 Å². The van der Waals surface area contributed by atoms with Crippen molar-refractivity contribution in [2.75, 3.05) is 6.54 Å². The van der Waals surface area contributed by atoms with E-state index in [1.165, 1.54) is 29.7 Å². The van der Waals surface area contributed by atoms with E-state index >= 15 is 0 Å². The van der Waals surface area contributed by atoms with Crippen LogP contribution in [-0.2, 0) is 20.9 Å². The SMILES string of the molecule is Cc1ccc2nc(COC(=O)CNC(=O)C34CC5CC(CC(C5)C3)C4)cc(=O)n2c1. The lowest BCUT2D eigenvalue weighted by Gasteiger charge is -2.55. The van der Waals surface area contributed by atoms with Crippen LogP contribution in [0, 0.1) is 30.1 Å². The van der Waals surface area contributed by atoms with Crippen LogP contribution in [0.15, 0.2) is 29.2 Å². The first-order valence-electron chi connectivity index (χ1n) is 10.8. The minimum atomic E-state index is -0.515. The summed E-state index contributed by atoms with van der Waals surface area (Å²) in [6.07, 6.45) is 8.42. The molecule has 4 saturated carbocycles. The molecule has 0 unspecified atom stereocenters. The predicted octanol–water partition coefficient (Wildman–Crippen LogP) is 2.38. The molecule has 7 nitrogen and oxygen atoms in total. The van der Waals surface area contributed by atoms with Crippen molar-refractivity contribution in [3.63, 3.8) is 0 Å². The number of pyridine rings is 1. The van der Waals surface area contributed by atoms with E-state index in [0.29, 0.717) is 29.1 Å². The molecule has 4 fully saturated rings. The number of hydrogen-bond acceptors (Lipinski definition) is 5. The minimum absolute atomic E-state index is 0.0102. The van der Waals surface area contributed by atoms with Crippen molar-refractivity contribution in [1.29, 1.82) is 0 Å². The lowest BCUT2D eigenvalue weighted by atomic mass is 9.49. The van der Waals surface area contributed by atoms with Gasteiger partial charge in [0.05, 0.1) is 5.69 Å². The van der Waals surface area contributed by atoms with E-state index in [0.717, 1.165) is 24.8 Å². The van der Waals surface area contributed by atoms with E-state index in [-0.39, 0.29) is 30.0 Å². The van der Waals surface area contributed by atoms with Gasteiger partial charge >= 0.3 is 5.97 Å². The van der Waals surface area contributed by atoms with Gasteiger partial charge < -0.3 is 10.1 Å². The predicted molar refractivity (Wildman–Crippen MR) is 110 cm³/mol. The van der Waals surface area contributed by atoms with E-state index in [9.17, 15) is 14.4 Å². The van der Waals surface area contributed by atoms with Crippen molar-refractivity contribution in [2.24, 2.45) is 23.2 Å². The number of aryl methyl sites for hydroxylation is 1. The molecule has 1 N–H and O–H groups in total. The number of nitrogens with zero attached hydrogens (tertiary/aromatic N) is 2. The number of fused-ring (bicyclic) bond motifs is 1. The Kier molecular flexibility index (Phi) is 4.64. The first-order chi connectivity index (χ1) is 14.4. The highest BCUT2D eigenvalue weighted by Gasteiger charge is 2.54. The van der Waals surface area contributed by atoms with Crippen LogP contribution in [0.4, 0.5) is 0 Å². The van der Waals surface area contributed by atoms with E-state index in [2.05, 4.69) is 10.3 Å². The van der Waals surface area contributed by atoms with Gasteiger partial charge in [0.2, 0.25) is 5.91 Å². The number of nitrogens with one attached hydrogen (secondary N) is 1. The Morgan fingerprint density at radius 3 is 2.50 bits per heavy atom. The maximum Gasteiger partial charge on any atom is 0.325 e. The van der Waals surface area contributed by atoms with Crippen LogP contribution in [0.25, 0.3) is 5.65 Å². The molecule has 1 amide bonds. The number of aromatic nitrogens is 2. The van der Waals surface area contributed by atoms with Crippen LogP contribution in [0.5, 0.6) is 0 Å². The average Bonchev–Trinajstić information content (AvgIpc) is 2.70. The van der Waals surface area contributed by atoms with E-state index in [1.807, 2.05) is 13.0 Å². The van der Waals surface area contributed by atoms with Gasteiger partial charge in [0, 0.05) is 17.7 Å². The van der Waals surface area contributed by atoms with Crippen molar-refractivity contribution in [3.8, 4) is 0 Å². The minimum Gasteiger partial charge on any atom is -0.458 e. The smallest absolute Gasteiger partial charge is 0.325 e. The summed E-state index contributed by atoms with van der Waals surface area (Å²) < 4.78 is 6.73. The molecule has 4 bridgehead atoms. The van der Waals surface area contributed by atoms with Crippen molar-refractivity contribution in [3.05, 3.63) is 46.0 Å². The summed E-state index contributed by atoms with van der Waals surface area (Å²) in [6, 6.07) is 5.00. The topological polar surface area (TPSA) is 89.8 Å². The van der Waals surface area contributed by atoms with Gasteiger partial charge in [-0.05, 0) is 74.8 Å². The molecule has 0 spiro atoms. The summed E-state index contributed by atoms with van der Waals surface area (Å²) in [7, 11) is 0. The molecule has 0 radical (unpaired) electrons. The van der Waals surface area contributed by atoms with Gasteiger partial charge in [0.25, 0.3) is 5.56 Å². The molecule has 4 aliphatic carbocycles. The Bertz CT molecular complexity index is 1040. The second-order valence-electron chi connectivity index (χ2n) is 9.56. The highest BCUT2D eigenvalue weighted by Crippen LogP contribution is 2.60. The normalized spacial score (nSPS) is 29.2. The van der Waals surface area contributed by atoms with Crippen molar-refractivity contribution >= 4 is 17.5 Å². The van der Waals surface area contributed by atoms with Gasteiger partial charge in [-0.25, -0.2) is 4.98 Å². The second-order valence-corrected chi connectivity index (χ2v) is 9.56. The number of amides is 1. The van der Waals surface area contributed by atoms with Crippen LogP contribution in [0.2, 0.25) is 0 Å². The number of carbonyl (C=O) groups excluding carboxylic acids is 2. The Labute approximate surface area is 174 Å². The Morgan fingerprint density at radius 2 is 1.83 bits per heavy atom. The molecule has 2 heterocycles. The number of hydrogen-bond donors (Lipinski definition) is 1. The molecule has 0 atom stereocenters. The zero-order chi connectivity index (χ0) is 20.9. The third kappa shape index (κ3) is 3.50. The van der Waals surface area contributed by atoms with Crippen LogP contribution in [0.3, 0.4) is 0 Å². The van der Waals surface area contributed by atoms with Crippen LogP contribution in [0.1, 0.15) is 49.8 Å². The summed E-state index contributed by atoms with van der Waals surface area (Å²) in [4.78, 5) is 41.7. The highest BCUT2D eigenvalue weighted by molar-refractivity contribution is 5.86. The van der Waals surface area contributed by atoms with E-state index in [4.69, 9.17) is 4.74 Å². The third-order valence-electron chi connectivity index (χ3n) is 7.15. The Balaban J connectivity index is 1.17. The number of ether oxygens (including phenoxy) is 1. The van der Waals surface area contributed by atoms with Crippen molar-refractivity contribution < 1.29 is 14.3 Å². The molecule has 0 aliphatic heterocycles. The summed E-state index contributed by atoms with van der Waals surface area (Å²) in [5.41, 5.74) is 1.37. The molecule has 158 valence electrons. The molecule has 6 rings (SSSR count). The number of carbonyl (C=O) groups is 2. The number of rotatable bonds is 5. The molecule has 7 heteroatoms. The van der Waals surface area contributed by atoms with Gasteiger partial charge in [-0.3, -0.25) is 18.8 Å². The van der Waals surface area contributed by atoms with Crippen molar-refractivity contribution in [1.82, 2.24) is 14.7 Å². The zero-order valence-corrected chi connectivity index (χ0v) is 17.2. The third-order valence-corrected chi connectivity index (χ3v) is 7.15. The zero-order valence-electron chi connectivity index (χ0n) is 17.2. The molecule has 0 aromatic carbocycles. The van der Waals surface area contributed by atoms with Gasteiger partial charge in [-0.2, -0.15) is 0 Å². The van der Waals surface area contributed by atoms with Gasteiger partial charge in [0.1, 0.15) is 18.8 Å². The van der Waals surface area contributed by atoms with E-state index < -0.39 is 5.97 Å². The highest BCUT2D eigenvalue weighted by atomic mass is 16.5. The first-order valence-corrected chi connectivity index (χ1v) is 10.8. The molecule has 30 heavy (non-hydrogen) atoms. The number of esters is 1. The summed E-state index contributed by atoms with van der Waals surface area (Å²) in [5, 5.41) is 2.82. The fourth-order valence-corrected chi connectivity index (χ4v) is 6.27. The Morgan fingerprint density at radius 1 is 1.17 bits per heavy atom. The standard InChI is InChI=1S/C23H27N3O4/c1-14-2-3-19-25-18(7-20(27)26(19)12-14)13-30-21(28)11-24-22(29)23-8-15-4-16(9-23)6-17(5-15)10-23/h2-3,7,12,15-17H,4-6,8-11,13H2,1H3,(H,24,29). The maximum absolute atomic E-state index is 12.9. The lowest BCUT2D eigenvalue weighted by molar-refractivity contribution is -0.151. The Hall–Kier alpha value is -2.70. The lowest BCUT2D eigenvalue weighted by Crippen LogP contribution is -2.54. The molecule has 4 aliphatic rings. The van der Waals surface area contributed by atoms with Gasteiger partial charge in [0.15, 0.2) is 0 Å². The summed E-state index contributed by atoms with van der Waals surface area (Å²) in [5.74, 6) is 1.53. The fourth-order valence-electron chi connectivity index (χ4n) is 6.27. The first kappa shape index (κ1) is 19.3. The monoisotopic (exact) mass is 409 g/mol. The van der Waals surface area contributed by atoms with Crippen LogP contribution >= 0.6 is 0 Å². The average molecular weight is 409 g/mol. The fraction of sp³-hybridized carbons (Fsp3) is 0.565. The molecular formula is C23H27N3O4. The largest absolute Gasteiger partial charge is 0.458 e. The van der Waals surface area contributed by atoms with Gasteiger partial charge in [-0.15, -0.1) is 0 Å². The quantitative estimate of drug-likeness (QED) is 0.766. The van der Waals surface area contributed by atoms with Crippen LogP contribution < -0.4 is 10.9 Å². The molecule has 0 saturated heterocycles. The van der Waals surface area contributed by atoms with Crippen LogP contribution in [-0.4, -0.2) is 27.8 Å². The summed E-state index contributed by atoms with van der Waals surface area (Å²) >= 11 is 0. The molecule has 2 aromatic rings. The van der Waals surface area contributed by atoms with E-state index in [1.54, 1.807) is 12.3 Å². The second kappa shape index (κ2) is 7.22. The molecule has 2 aromatic heterocycles. The summed E-state index contributed by atoms with van der Waals surface area (Å²) in [6.45, 7) is 1.66.